The fraction of sp³-hybridized carbons (Fsp3) is 0.571. The molecule has 0 aliphatic carbocycles. The first-order valence-electron chi connectivity index (χ1n) is 8.96. The molecule has 1 aromatic rings. The van der Waals surface area contributed by atoms with Crippen LogP contribution >= 0.6 is 0 Å². The van der Waals surface area contributed by atoms with Gasteiger partial charge in [-0.25, -0.2) is 0 Å². The molecule has 1 rings (SSSR count). The normalized spacial score (nSPS) is 12.0. The number of hydrogen-bond acceptors (Lipinski definition) is 5. The number of aliphatic hydroxyl groups excluding tert-OH is 1. The molecule has 150 valence electrons. The highest BCUT2D eigenvalue weighted by molar-refractivity contribution is 5.73. The van der Waals surface area contributed by atoms with Gasteiger partial charge in [0.25, 0.3) is 0 Å². The number of aliphatic hydroxyl groups is 2. The Balaban J connectivity index is 0. The summed E-state index contributed by atoms with van der Waals surface area (Å²) in [6, 6.07) is 9.70. The Morgan fingerprint density at radius 2 is 1.58 bits per heavy atom. The van der Waals surface area contributed by atoms with E-state index >= 15 is 0 Å². The molecule has 1 atom stereocenters. The Labute approximate surface area is 158 Å². The average Bonchev–Trinajstić information content (AvgIpc) is 2.53. The van der Waals surface area contributed by atoms with Gasteiger partial charge in [0.2, 0.25) is 0 Å². The van der Waals surface area contributed by atoms with Crippen LogP contribution in [0, 0.1) is 0 Å². The third-order valence-electron chi connectivity index (χ3n) is 2.76. The van der Waals surface area contributed by atoms with Crippen LogP contribution in [-0.4, -0.2) is 47.7 Å². The van der Waals surface area contributed by atoms with Gasteiger partial charge in [-0.15, -0.1) is 0 Å². The van der Waals surface area contributed by atoms with Gasteiger partial charge in [-0.05, 0) is 53.2 Å². The maximum Gasteiger partial charge on any atom is 0.154 e. The van der Waals surface area contributed by atoms with Crippen LogP contribution in [0.3, 0.4) is 0 Å². The van der Waals surface area contributed by atoms with Crippen LogP contribution in [0.5, 0.6) is 0 Å². The lowest BCUT2D eigenvalue weighted by molar-refractivity contribution is -0.123. The Bertz CT molecular complexity index is 443. The molecule has 0 saturated heterocycles. The van der Waals surface area contributed by atoms with E-state index in [2.05, 4.69) is 0 Å². The van der Waals surface area contributed by atoms with Crippen LogP contribution in [0.25, 0.3) is 6.08 Å². The lowest BCUT2D eigenvalue weighted by Gasteiger charge is -2.17. The zero-order valence-electron chi connectivity index (χ0n) is 17.0. The summed E-state index contributed by atoms with van der Waals surface area (Å²) in [6.45, 7) is 12.3. The summed E-state index contributed by atoms with van der Waals surface area (Å²) in [4.78, 5) is 9.89. The first-order valence-corrected chi connectivity index (χ1v) is 8.96. The van der Waals surface area contributed by atoms with Crippen molar-refractivity contribution in [2.45, 2.75) is 66.0 Å². The minimum absolute atomic E-state index is 0.0370. The molecule has 0 spiro atoms. The summed E-state index contributed by atoms with van der Waals surface area (Å²) in [5.41, 5.74) is 0.323. The van der Waals surface area contributed by atoms with Crippen LogP contribution < -0.4 is 0 Å². The van der Waals surface area contributed by atoms with Gasteiger partial charge >= 0.3 is 0 Å². The largest absolute Gasteiger partial charge is 0.393 e. The third-order valence-corrected chi connectivity index (χ3v) is 2.76. The van der Waals surface area contributed by atoms with E-state index < -0.39 is 11.7 Å². The molecule has 0 heterocycles. The highest BCUT2D eigenvalue weighted by Crippen LogP contribution is 2.09. The molecule has 0 aliphatic rings. The molecule has 0 aliphatic heterocycles. The maximum absolute atomic E-state index is 9.89. The highest BCUT2D eigenvalue weighted by Gasteiger charge is 2.14. The second-order valence-corrected chi connectivity index (χ2v) is 6.25. The van der Waals surface area contributed by atoms with Crippen molar-refractivity contribution < 1.29 is 24.5 Å². The van der Waals surface area contributed by atoms with Gasteiger partial charge in [-0.1, -0.05) is 36.4 Å². The minimum Gasteiger partial charge on any atom is -0.393 e. The molecular weight excluding hydrogens is 332 g/mol. The molecule has 0 aromatic heterocycles. The molecule has 1 aromatic carbocycles. The van der Waals surface area contributed by atoms with Gasteiger partial charge in [0, 0.05) is 19.6 Å². The molecule has 0 saturated carbocycles. The Morgan fingerprint density at radius 3 is 1.88 bits per heavy atom. The van der Waals surface area contributed by atoms with E-state index in [0.717, 1.165) is 25.1 Å². The van der Waals surface area contributed by atoms with Crippen LogP contribution in [0.2, 0.25) is 0 Å². The number of ether oxygens (including phenoxy) is 2. The topological polar surface area (TPSA) is 76.0 Å². The number of carbonyl (C=O) groups excluding carboxylic acids is 1. The Hall–Kier alpha value is -1.53. The second-order valence-electron chi connectivity index (χ2n) is 6.25. The standard InChI is InChI=1S/C9H8O.2C6H14O2/c10-8-4-7-9-5-2-1-3-6-9;1-5(7)4-6(2,3)8;1-4-7-6(3)8-5-2/h1-8H;5,7-8H,4H2,1-3H3;6H,4-5H2,1-3H3/b7-4-;;. The molecule has 2 N–H and O–H groups in total. The zero-order valence-corrected chi connectivity index (χ0v) is 17.0. The Morgan fingerprint density at radius 1 is 1.08 bits per heavy atom. The van der Waals surface area contributed by atoms with Crippen LogP contribution in [0.1, 0.15) is 53.5 Å². The van der Waals surface area contributed by atoms with E-state index in [1.54, 1.807) is 26.8 Å². The first kappa shape index (κ1) is 26.7. The average molecular weight is 369 g/mol. The van der Waals surface area contributed by atoms with Gasteiger partial charge in [-0.3, -0.25) is 4.79 Å². The minimum atomic E-state index is -0.728. The van der Waals surface area contributed by atoms with Gasteiger partial charge < -0.3 is 19.7 Å². The summed E-state index contributed by atoms with van der Waals surface area (Å²) >= 11 is 0. The summed E-state index contributed by atoms with van der Waals surface area (Å²) in [5.74, 6) is 0. The number of hydrogen-bond donors (Lipinski definition) is 2. The van der Waals surface area contributed by atoms with E-state index in [9.17, 15) is 4.79 Å². The van der Waals surface area contributed by atoms with Gasteiger partial charge in [0.1, 0.15) is 6.29 Å². The molecule has 0 bridgehead atoms. The van der Waals surface area contributed by atoms with Crippen molar-refractivity contribution in [3.63, 3.8) is 0 Å². The number of rotatable bonds is 8. The molecule has 0 fully saturated rings. The van der Waals surface area contributed by atoms with Crippen molar-refractivity contribution in [3.8, 4) is 0 Å². The summed E-state index contributed by atoms with van der Waals surface area (Å²) in [6.07, 6.45) is 4.02. The third kappa shape index (κ3) is 22.5. The van der Waals surface area contributed by atoms with E-state index in [1.165, 1.54) is 6.08 Å². The molecule has 5 nitrogen and oxygen atoms in total. The van der Waals surface area contributed by atoms with E-state index in [4.69, 9.17) is 19.7 Å². The number of benzene rings is 1. The lowest BCUT2D eigenvalue weighted by atomic mass is 10.0. The SMILES string of the molecule is CC(O)CC(C)(C)O.CCOC(C)OCC.O=C/C=C\c1ccccc1. The number of aldehydes is 1. The Kier molecular flexibility index (Phi) is 17.4. The van der Waals surface area contributed by atoms with Crippen LogP contribution in [0.4, 0.5) is 0 Å². The lowest BCUT2D eigenvalue weighted by Crippen LogP contribution is -2.24. The predicted molar refractivity (Wildman–Crippen MR) is 107 cm³/mol. The predicted octanol–water partition coefficient (Wildman–Crippen LogP) is 3.83. The zero-order chi connectivity index (χ0) is 20.4. The van der Waals surface area contributed by atoms with Crippen LogP contribution in [0.15, 0.2) is 36.4 Å². The van der Waals surface area contributed by atoms with Crippen molar-refractivity contribution in [2.75, 3.05) is 13.2 Å². The highest BCUT2D eigenvalue weighted by atomic mass is 16.7. The molecule has 26 heavy (non-hydrogen) atoms. The quantitative estimate of drug-likeness (QED) is 0.414. The molecule has 5 heteroatoms. The van der Waals surface area contributed by atoms with Crippen molar-refractivity contribution in [2.24, 2.45) is 0 Å². The van der Waals surface area contributed by atoms with Crippen molar-refractivity contribution in [3.05, 3.63) is 42.0 Å². The fourth-order valence-electron chi connectivity index (χ4n) is 1.96. The van der Waals surface area contributed by atoms with Crippen molar-refractivity contribution in [1.82, 2.24) is 0 Å². The maximum atomic E-state index is 9.89. The molecule has 0 amide bonds. The van der Waals surface area contributed by atoms with Gasteiger partial charge in [-0.2, -0.15) is 0 Å². The van der Waals surface area contributed by atoms with Crippen molar-refractivity contribution >= 4 is 12.4 Å². The van der Waals surface area contributed by atoms with E-state index in [1.807, 2.05) is 51.1 Å². The molecule has 1 unspecified atom stereocenters. The number of allylic oxidation sites excluding steroid dienone is 1. The van der Waals surface area contributed by atoms with Gasteiger partial charge in [0.05, 0.1) is 11.7 Å². The van der Waals surface area contributed by atoms with Gasteiger partial charge in [0.15, 0.2) is 6.29 Å². The van der Waals surface area contributed by atoms with E-state index in [-0.39, 0.29) is 6.29 Å². The number of carbonyl (C=O) groups is 1. The second kappa shape index (κ2) is 16.9. The van der Waals surface area contributed by atoms with Crippen molar-refractivity contribution in [1.29, 1.82) is 0 Å². The first-order chi connectivity index (χ1) is 12.2. The molecule has 0 radical (unpaired) electrons. The summed E-state index contributed by atoms with van der Waals surface area (Å²) in [5, 5.41) is 17.8. The van der Waals surface area contributed by atoms with E-state index in [0.29, 0.717) is 6.42 Å². The smallest absolute Gasteiger partial charge is 0.154 e. The fourth-order valence-corrected chi connectivity index (χ4v) is 1.96. The monoisotopic (exact) mass is 368 g/mol. The summed E-state index contributed by atoms with van der Waals surface area (Å²) in [7, 11) is 0. The van der Waals surface area contributed by atoms with Crippen LogP contribution in [-0.2, 0) is 14.3 Å². The summed E-state index contributed by atoms with van der Waals surface area (Å²) < 4.78 is 10.1. The molecular formula is C21H36O5.